The van der Waals surface area contributed by atoms with Gasteiger partial charge in [-0.2, -0.15) is 8.42 Å². The van der Waals surface area contributed by atoms with E-state index in [0.717, 1.165) is 0 Å². The van der Waals surface area contributed by atoms with Gasteiger partial charge in [0.15, 0.2) is 0 Å². The minimum Gasteiger partial charge on any atom is -0.270 e. The van der Waals surface area contributed by atoms with E-state index in [2.05, 4.69) is 30.4 Å². The summed E-state index contributed by atoms with van der Waals surface area (Å²) in [5.74, 6) is 0. The third-order valence-corrected chi connectivity index (χ3v) is 2.94. The lowest BCUT2D eigenvalue weighted by Gasteiger charge is -2.06. The molecule has 0 radical (unpaired) electrons. The fourth-order valence-corrected chi connectivity index (χ4v) is 1.70. The maximum atomic E-state index is 11.1. The van der Waals surface area contributed by atoms with Crippen LogP contribution in [-0.2, 0) is 10.2 Å². The Kier molecular flexibility index (Phi) is 3.23. The van der Waals surface area contributed by atoms with Crippen LogP contribution in [0.15, 0.2) is 22.9 Å². The maximum Gasteiger partial charge on any atom is 0.298 e. The van der Waals surface area contributed by atoms with Crippen molar-refractivity contribution >= 4 is 31.8 Å². The first-order valence-corrected chi connectivity index (χ1v) is 5.63. The maximum absolute atomic E-state index is 11.1. The van der Waals surface area contributed by atoms with E-state index in [1.807, 2.05) is 0 Å². The largest absolute Gasteiger partial charge is 0.298 e. The van der Waals surface area contributed by atoms with Crippen LogP contribution in [0, 0.1) is 0 Å². The van der Waals surface area contributed by atoms with Gasteiger partial charge in [-0.25, -0.2) is 4.72 Å². The molecule has 0 aliphatic rings. The summed E-state index contributed by atoms with van der Waals surface area (Å²) in [5, 5.41) is 0. The van der Waals surface area contributed by atoms with Crippen LogP contribution < -0.4 is 9.44 Å². The van der Waals surface area contributed by atoms with Gasteiger partial charge in [-0.05, 0) is 22.0 Å². The molecular weight excluding hydrogens is 258 g/mol. The molecule has 7 heteroatoms. The Hall–Kier alpha value is -0.660. The zero-order valence-electron chi connectivity index (χ0n) is 6.78. The average Bonchev–Trinajstić information content (AvgIpc) is 2.09. The van der Waals surface area contributed by atoms with E-state index >= 15 is 0 Å². The molecule has 13 heavy (non-hydrogen) atoms. The van der Waals surface area contributed by atoms with Gasteiger partial charge in [0, 0.05) is 19.4 Å². The van der Waals surface area contributed by atoms with Gasteiger partial charge < -0.3 is 0 Å². The van der Waals surface area contributed by atoms with Gasteiger partial charge in [-0.3, -0.25) is 9.71 Å². The van der Waals surface area contributed by atoms with E-state index < -0.39 is 10.2 Å². The molecule has 1 rings (SSSR count). The van der Waals surface area contributed by atoms with Crippen molar-refractivity contribution in [1.82, 2.24) is 9.71 Å². The topological polar surface area (TPSA) is 71.1 Å². The van der Waals surface area contributed by atoms with Crippen LogP contribution in [0.5, 0.6) is 0 Å². The predicted octanol–water partition coefficient (Wildman–Crippen LogP) is 0.720. The first-order chi connectivity index (χ1) is 6.05. The Morgan fingerprint density at radius 2 is 2.23 bits per heavy atom. The van der Waals surface area contributed by atoms with E-state index in [-0.39, 0.29) is 0 Å². The Morgan fingerprint density at radius 1 is 1.54 bits per heavy atom. The molecule has 0 amide bonds. The van der Waals surface area contributed by atoms with E-state index in [0.29, 0.717) is 10.2 Å². The van der Waals surface area contributed by atoms with Crippen molar-refractivity contribution in [3.63, 3.8) is 0 Å². The Bertz CT molecular complexity index is 393. The molecule has 0 aliphatic carbocycles. The van der Waals surface area contributed by atoms with Gasteiger partial charge in [-0.15, -0.1) is 0 Å². The number of rotatable bonds is 3. The first-order valence-electron chi connectivity index (χ1n) is 3.36. The molecule has 0 bridgehead atoms. The second-order valence-electron chi connectivity index (χ2n) is 2.17. The fraction of sp³-hybridized carbons (Fsp3) is 0.167. The Morgan fingerprint density at radius 3 is 2.77 bits per heavy atom. The molecule has 0 fully saturated rings. The molecule has 5 nitrogen and oxygen atoms in total. The zero-order valence-corrected chi connectivity index (χ0v) is 9.18. The number of anilines is 1. The Balaban J connectivity index is 2.93. The SMILES string of the molecule is CNS(=O)(=O)Nc1ccncc1Br. The third kappa shape index (κ3) is 2.94. The normalized spacial score (nSPS) is 11.2. The molecule has 1 aromatic rings. The van der Waals surface area contributed by atoms with Crippen molar-refractivity contribution in [2.75, 3.05) is 11.8 Å². The van der Waals surface area contributed by atoms with E-state index in [4.69, 9.17) is 0 Å². The number of hydrogen-bond donors (Lipinski definition) is 2. The van der Waals surface area contributed by atoms with Gasteiger partial charge in [0.2, 0.25) is 0 Å². The third-order valence-electron chi connectivity index (χ3n) is 1.29. The lowest BCUT2D eigenvalue weighted by Crippen LogP contribution is -2.26. The minimum atomic E-state index is -3.45. The number of hydrogen-bond acceptors (Lipinski definition) is 3. The van der Waals surface area contributed by atoms with Crippen LogP contribution in [0.4, 0.5) is 5.69 Å². The molecule has 2 N–H and O–H groups in total. The van der Waals surface area contributed by atoms with Crippen LogP contribution in [0.25, 0.3) is 0 Å². The Labute approximate surface area is 84.9 Å². The van der Waals surface area contributed by atoms with Gasteiger partial charge in [-0.1, -0.05) is 0 Å². The van der Waals surface area contributed by atoms with Crippen LogP contribution in [0.2, 0.25) is 0 Å². The van der Waals surface area contributed by atoms with Crippen molar-refractivity contribution in [3.8, 4) is 0 Å². The smallest absolute Gasteiger partial charge is 0.270 e. The molecule has 0 aromatic carbocycles. The average molecular weight is 266 g/mol. The summed E-state index contributed by atoms with van der Waals surface area (Å²) in [5.41, 5.74) is 0.448. The molecule has 0 saturated carbocycles. The highest BCUT2D eigenvalue weighted by molar-refractivity contribution is 9.10. The van der Waals surface area contributed by atoms with Crippen molar-refractivity contribution in [1.29, 1.82) is 0 Å². The monoisotopic (exact) mass is 265 g/mol. The number of aromatic nitrogens is 1. The lowest BCUT2D eigenvalue weighted by atomic mass is 10.4. The van der Waals surface area contributed by atoms with Crippen LogP contribution >= 0.6 is 15.9 Å². The molecule has 1 aromatic heterocycles. The first kappa shape index (κ1) is 10.4. The number of halogens is 1. The van der Waals surface area contributed by atoms with Crippen molar-refractivity contribution in [2.24, 2.45) is 0 Å². The van der Waals surface area contributed by atoms with E-state index in [1.54, 1.807) is 6.07 Å². The van der Waals surface area contributed by atoms with Gasteiger partial charge >= 0.3 is 0 Å². The molecule has 72 valence electrons. The molecule has 1 heterocycles. The lowest BCUT2D eigenvalue weighted by molar-refractivity contribution is 0.593. The summed E-state index contributed by atoms with van der Waals surface area (Å²) in [4.78, 5) is 3.80. The van der Waals surface area contributed by atoms with E-state index in [9.17, 15) is 8.42 Å². The van der Waals surface area contributed by atoms with Crippen molar-refractivity contribution in [2.45, 2.75) is 0 Å². The second-order valence-corrected chi connectivity index (χ2v) is 4.64. The summed E-state index contributed by atoms with van der Waals surface area (Å²) in [7, 11) is -2.12. The molecule has 0 saturated heterocycles. The summed E-state index contributed by atoms with van der Waals surface area (Å²) in [6, 6.07) is 1.55. The zero-order chi connectivity index (χ0) is 9.90. The van der Waals surface area contributed by atoms with Gasteiger partial charge in [0.05, 0.1) is 10.2 Å². The second kappa shape index (κ2) is 4.03. The predicted molar refractivity (Wildman–Crippen MR) is 53.5 cm³/mol. The molecular formula is C6H8BrN3O2S. The van der Waals surface area contributed by atoms with Crippen molar-refractivity contribution < 1.29 is 8.42 Å². The highest BCUT2D eigenvalue weighted by Gasteiger charge is 2.07. The quantitative estimate of drug-likeness (QED) is 0.846. The summed E-state index contributed by atoms with van der Waals surface area (Å²) < 4.78 is 27.2. The highest BCUT2D eigenvalue weighted by Crippen LogP contribution is 2.20. The minimum absolute atomic E-state index is 0.448. The van der Waals surface area contributed by atoms with Crippen LogP contribution in [-0.4, -0.2) is 20.4 Å². The summed E-state index contributed by atoms with van der Waals surface area (Å²) in [6.07, 6.45) is 3.01. The van der Waals surface area contributed by atoms with E-state index in [1.165, 1.54) is 19.4 Å². The summed E-state index contributed by atoms with van der Waals surface area (Å²) in [6.45, 7) is 0. The number of pyridine rings is 1. The summed E-state index contributed by atoms with van der Waals surface area (Å²) >= 11 is 3.16. The van der Waals surface area contributed by atoms with Crippen LogP contribution in [0.1, 0.15) is 0 Å². The number of nitrogens with one attached hydrogen (secondary N) is 2. The van der Waals surface area contributed by atoms with Crippen molar-refractivity contribution in [3.05, 3.63) is 22.9 Å². The van der Waals surface area contributed by atoms with Gasteiger partial charge in [0.1, 0.15) is 0 Å². The molecule has 0 atom stereocenters. The number of nitrogens with zero attached hydrogens (tertiary/aromatic N) is 1. The van der Waals surface area contributed by atoms with Crippen LogP contribution in [0.3, 0.4) is 0 Å². The fourth-order valence-electron chi connectivity index (χ4n) is 0.654. The molecule has 0 spiro atoms. The van der Waals surface area contributed by atoms with Gasteiger partial charge in [0.25, 0.3) is 10.2 Å². The molecule has 0 aliphatic heterocycles. The molecule has 0 unspecified atom stereocenters. The standard InChI is InChI=1S/C6H8BrN3O2S/c1-8-13(11,12)10-6-2-3-9-4-5(6)7/h2-4,8H,1H3,(H,9,10). The highest BCUT2D eigenvalue weighted by atomic mass is 79.9.